The Kier molecular flexibility index (Phi) is 7.04. The third kappa shape index (κ3) is 5.71. The number of rotatable bonds is 8. The van der Waals surface area contributed by atoms with Gasteiger partial charge in [-0.15, -0.1) is 0 Å². The largest absolute Gasteiger partial charge is 0.388 e. The lowest BCUT2D eigenvalue weighted by Crippen LogP contribution is -2.50. The number of benzene rings is 2. The number of carbonyl (C=O) groups is 2. The van der Waals surface area contributed by atoms with Gasteiger partial charge in [0, 0.05) is 37.4 Å². The van der Waals surface area contributed by atoms with E-state index in [1.165, 1.54) is 17.1 Å². The molecule has 1 saturated heterocycles. The molecule has 3 heterocycles. The summed E-state index contributed by atoms with van der Waals surface area (Å²) in [7, 11) is 1.86. The molecule has 2 aromatic heterocycles. The number of amides is 2. The van der Waals surface area contributed by atoms with Gasteiger partial charge in [0.05, 0.1) is 30.6 Å². The molecule has 1 aliphatic carbocycles. The van der Waals surface area contributed by atoms with Crippen LogP contribution in [-0.4, -0.2) is 73.4 Å². The smallest absolute Gasteiger partial charge is 0.264 e. The first-order valence-corrected chi connectivity index (χ1v) is 13.9. The number of nitrogens with one attached hydrogen (secondary N) is 1. The number of fused-ring (bicyclic) bond motifs is 1. The van der Waals surface area contributed by atoms with Gasteiger partial charge in [-0.25, -0.2) is 9.67 Å². The standard InChI is InChI=1S/C30H33N7O4/c1-34(23-7-3-2-4-8-23)18-26(38)33-22-6-5-9-24(16-22)37-27-25(17-32-37)29(40)36(20-31-27)19-30(41)12-14-35(15-13-30)28(39)21-10-11-21/h2-9,16-17,20-21,41H,10-15,18-19H2,1H3,(H,33,38). The summed E-state index contributed by atoms with van der Waals surface area (Å²) >= 11 is 0. The molecule has 6 rings (SSSR count). The number of anilines is 2. The van der Waals surface area contributed by atoms with Crippen LogP contribution >= 0.6 is 0 Å². The minimum Gasteiger partial charge on any atom is -0.388 e. The van der Waals surface area contributed by atoms with Gasteiger partial charge in [0.15, 0.2) is 5.65 Å². The van der Waals surface area contributed by atoms with Crippen molar-refractivity contribution in [2.45, 2.75) is 37.8 Å². The molecule has 1 aliphatic heterocycles. The highest BCUT2D eigenvalue weighted by Gasteiger charge is 2.39. The Labute approximate surface area is 237 Å². The maximum atomic E-state index is 13.3. The molecule has 0 unspecified atom stereocenters. The summed E-state index contributed by atoms with van der Waals surface area (Å²) in [6, 6.07) is 16.9. The van der Waals surface area contributed by atoms with Gasteiger partial charge in [-0.3, -0.25) is 19.0 Å². The van der Waals surface area contributed by atoms with E-state index in [9.17, 15) is 19.5 Å². The number of hydrogen-bond acceptors (Lipinski definition) is 7. The minimum atomic E-state index is -1.09. The van der Waals surface area contributed by atoms with Gasteiger partial charge < -0.3 is 20.2 Å². The molecule has 0 atom stereocenters. The molecular weight excluding hydrogens is 522 g/mol. The van der Waals surface area contributed by atoms with Gasteiger partial charge in [-0.2, -0.15) is 5.10 Å². The fraction of sp³-hybridized carbons (Fsp3) is 0.367. The summed E-state index contributed by atoms with van der Waals surface area (Å²) in [4.78, 5) is 46.6. The number of likely N-dealkylation sites (N-methyl/N-ethyl adjacent to an activating group) is 1. The van der Waals surface area contributed by atoms with Crippen LogP contribution < -0.4 is 15.8 Å². The second kappa shape index (κ2) is 10.8. The second-order valence-electron chi connectivity index (χ2n) is 11.1. The quantitative estimate of drug-likeness (QED) is 0.342. The first-order valence-electron chi connectivity index (χ1n) is 13.9. The highest BCUT2D eigenvalue weighted by molar-refractivity contribution is 5.94. The number of aromatic nitrogens is 4. The Morgan fingerprint density at radius 2 is 1.85 bits per heavy atom. The van der Waals surface area contributed by atoms with E-state index in [1.54, 1.807) is 22.9 Å². The summed E-state index contributed by atoms with van der Waals surface area (Å²) in [6.45, 7) is 1.26. The molecule has 0 spiro atoms. The molecule has 4 aromatic rings. The minimum absolute atomic E-state index is 0.102. The molecule has 11 heteroatoms. The summed E-state index contributed by atoms with van der Waals surface area (Å²) in [6.07, 6.45) is 5.65. The van der Waals surface area contributed by atoms with Crippen LogP contribution in [-0.2, 0) is 16.1 Å². The van der Waals surface area contributed by atoms with Crippen LogP contribution in [0.2, 0.25) is 0 Å². The normalized spacial score (nSPS) is 16.5. The highest BCUT2D eigenvalue weighted by atomic mass is 16.3. The first-order chi connectivity index (χ1) is 19.8. The molecule has 41 heavy (non-hydrogen) atoms. The molecular formula is C30H33N7O4. The molecule has 2 aromatic carbocycles. The number of nitrogens with zero attached hydrogens (tertiary/aromatic N) is 6. The maximum absolute atomic E-state index is 13.3. The predicted octanol–water partition coefficient (Wildman–Crippen LogP) is 2.42. The lowest BCUT2D eigenvalue weighted by Gasteiger charge is -2.38. The van der Waals surface area contributed by atoms with E-state index in [0.29, 0.717) is 48.3 Å². The zero-order valence-corrected chi connectivity index (χ0v) is 22.9. The summed E-state index contributed by atoms with van der Waals surface area (Å²) in [5.41, 5.74) is 1.19. The van der Waals surface area contributed by atoms with Crippen LogP contribution in [0.3, 0.4) is 0 Å². The van der Waals surface area contributed by atoms with E-state index in [0.717, 1.165) is 18.5 Å². The molecule has 2 aliphatic rings. The van der Waals surface area contributed by atoms with Gasteiger partial charge in [-0.05, 0) is 56.0 Å². The molecule has 0 bridgehead atoms. The van der Waals surface area contributed by atoms with Crippen LogP contribution in [0.25, 0.3) is 16.7 Å². The van der Waals surface area contributed by atoms with Crippen molar-refractivity contribution in [1.82, 2.24) is 24.2 Å². The Bertz CT molecular complexity index is 1640. The van der Waals surface area contributed by atoms with Crippen molar-refractivity contribution in [1.29, 1.82) is 0 Å². The number of likely N-dealkylation sites (tertiary alicyclic amines) is 1. The third-order valence-electron chi connectivity index (χ3n) is 7.90. The van der Waals surface area contributed by atoms with Gasteiger partial charge in [0.2, 0.25) is 11.8 Å². The SMILES string of the molecule is CN(CC(=O)Nc1cccc(-n2ncc3c(=O)n(CC4(O)CCN(C(=O)C5CC5)CC4)cnc32)c1)c1ccccc1. The van der Waals surface area contributed by atoms with Crippen LogP contribution in [0, 0.1) is 5.92 Å². The van der Waals surface area contributed by atoms with Crippen molar-refractivity contribution in [3.8, 4) is 5.69 Å². The maximum Gasteiger partial charge on any atom is 0.264 e. The van der Waals surface area contributed by atoms with Crippen molar-refractivity contribution in [2.75, 3.05) is 36.9 Å². The lowest BCUT2D eigenvalue weighted by atomic mass is 9.91. The van der Waals surface area contributed by atoms with Gasteiger partial charge in [-0.1, -0.05) is 24.3 Å². The molecule has 212 valence electrons. The number of hydrogen-bond donors (Lipinski definition) is 2. The number of para-hydroxylation sites is 1. The van der Waals surface area contributed by atoms with Crippen molar-refractivity contribution in [2.24, 2.45) is 5.92 Å². The van der Waals surface area contributed by atoms with E-state index >= 15 is 0 Å². The summed E-state index contributed by atoms with van der Waals surface area (Å²) in [5.74, 6) is 0.175. The van der Waals surface area contributed by atoms with Gasteiger partial charge in [0.25, 0.3) is 5.56 Å². The van der Waals surface area contributed by atoms with Crippen LogP contribution in [0.5, 0.6) is 0 Å². The highest BCUT2D eigenvalue weighted by Crippen LogP contribution is 2.33. The van der Waals surface area contributed by atoms with Crippen LogP contribution in [0.4, 0.5) is 11.4 Å². The van der Waals surface area contributed by atoms with Crippen molar-refractivity contribution in [3.63, 3.8) is 0 Å². The Morgan fingerprint density at radius 3 is 2.59 bits per heavy atom. The fourth-order valence-corrected chi connectivity index (χ4v) is 5.36. The van der Waals surface area contributed by atoms with E-state index < -0.39 is 5.60 Å². The van der Waals surface area contributed by atoms with Crippen LogP contribution in [0.1, 0.15) is 25.7 Å². The monoisotopic (exact) mass is 555 g/mol. The molecule has 0 radical (unpaired) electrons. The van der Waals surface area contributed by atoms with Crippen molar-refractivity contribution >= 4 is 34.2 Å². The van der Waals surface area contributed by atoms with E-state index in [1.807, 2.05) is 53.2 Å². The third-order valence-corrected chi connectivity index (χ3v) is 7.90. The zero-order valence-electron chi connectivity index (χ0n) is 22.9. The van der Waals surface area contributed by atoms with Gasteiger partial charge in [0.1, 0.15) is 11.7 Å². The van der Waals surface area contributed by atoms with Gasteiger partial charge >= 0.3 is 0 Å². The van der Waals surface area contributed by atoms with E-state index in [2.05, 4.69) is 15.4 Å². The van der Waals surface area contributed by atoms with Crippen molar-refractivity contribution < 1.29 is 14.7 Å². The topological polar surface area (TPSA) is 126 Å². The van der Waals surface area contributed by atoms with Crippen LogP contribution in [0.15, 0.2) is 71.9 Å². The summed E-state index contributed by atoms with van der Waals surface area (Å²) < 4.78 is 2.98. The summed E-state index contributed by atoms with van der Waals surface area (Å²) in [5, 5.41) is 18.9. The Morgan fingerprint density at radius 1 is 1.10 bits per heavy atom. The van der Waals surface area contributed by atoms with Crippen molar-refractivity contribution in [3.05, 3.63) is 77.5 Å². The Balaban J connectivity index is 1.14. The second-order valence-corrected chi connectivity index (χ2v) is 11.1. The predicted molar refractivity (Wildman–Crippen MR) is 155 cm³/mol. The first kappa shape index (κ1) is 26.7. The lowest BCUT2D eigenvalue weighted by molar-refractivity contribution is -0.137. The average Bonchev–Trinajstić information content (AvgIpc) is 3.73. The molecule has 2 amide bonds. The van der Waals surface area contributed by atoms with E-state index in [4.69, 9.17) is 0 Å². The van der Waals surface area contributed by atoms with E-state index in [-0.39, 0.29) is 36.4 Å². The number of aliphatic hydroxyl groups is 1. The number of carbonyl (C=O) groups excluding carboxylic acids is 2. The fourth-order valence-electron chi connectivity index (χ4n) is 5.36. The molecule has 2 N–H and O–H groups in total. The Hall–Kier alpha value is -4.51. The number of piperidine rings is 1. The average molecular weight is 556 g/mol. The molecule has 11 nitrogen and oxygen atoms in total. The zero-order chi connectivity index (χ0) is 28.6. The molecule has 1 saturated carbocycles. The molecule has 2 fully saturated rings.